The van der Waals surface area contributed by atoms with Crippen LogP contribution >= 0.6 is 23.2 Å². The van der Waals surface area contributed by atoms with E-state index in [9.17, 15) is 9.59 Å². The molecule has 1 N–H and O–H groups in total. The molecule has 0 fully saturated rings. The Hall–Kier alpha value is -3.16. The number of rotatable bonds is 5. The number of hydrogen-bond donors (Lipinski definition) is 1. The molecule has 2 amide bonds. The summed E-state index contributed by atoms with van der Waals surface area (Å²) in [7, 11) is 0. The summed E-state index contributed by atoms with van der Waals surface area (Å²) in [6.45, 7) is 0.361. The molecule has 1 aliphatic heterocycles. The molecule has 0 bridgehead atoms. The maximum absolute atomic E-state index is 12.8. The van der Waals surface area contributed by atoms with Gasteiger partial charge in [0.05, 0.1) is 18.4 Å². The van der Waals surface area contributed by atoms with Gasteiger partial charge in [-0.2, -0.15) is 10.2 Å². The van der Waals surface area contributed by atoms with E-state index < -0.39 is 0 Å². The zero-order chi connectivity index (χ0) is 21.1. The molecule has 0 spiro atoms. The number of amides is 2. The molecule has 2 aromatic carbocycles. The summed E-state index contributed by atoms with van der Waals surface area (Å²) in [6.07, 6.45) is 2.06. The molecule has 0 radical (unpaired) electrons. The lowest BCUT2D eigenvalue weighted by Gasteiger charge is -2.23. The van der Waals surface area contributed by atoms with Gasteiger partial charge in [0.15, 0.2) is 0 Å². The van der Waals surface area contributed by atoms with Gasteiger partial charge >= 0.3 is 0 Å². The average molecular weight is 442 g/mol. The Morgan fingerprint density at radius 2 is 1.87 bits per heavy atom. The monoisotopic (exact) mass is 441 g/mol. The molecule has 0 saturated carbocycles. The Labute approximate surface area is 182 Å². The van der Waals surface area contributed by atoms with Crippen LogP contribution in [0.15, 0.2) is 65.9 Å². The second kappa shape index (κ2) is 8.69. The summed E-state index contributed by atoms with van der Waals surface area (Å²) in [4.78, 5) is 25.0. The summed E-state index contributed by atoms with van der Waals surface area (Å²) in [6, 6.07) is 15.9. The number of hydrazone groups is 1. The van der Waals surface area contributed by atoms with Crippen LogP contribution in [0.25, 0.3) is 0 Å². The van der Waals surface area contributed by atoms with Crippen LogP contribution in [-0.2, 0) is 16.1 Å². The molecule has 2 heterocycles. The Balaban J connectivity index is 1.52. The van der Waals surface area contributed by atoms with Crippen LogP contribution in [-0.4, -0.2) is 27.3 Å². The van der Waals surface area contributed by atoms with Crippen molar-refractivity contribution in [3.05, 3.63) is 76.4 Å². The average Bonchev–Trinajstić information content (AvgIpc) is 3.17. The first-order chi connectivity index (χ1) is 14.5. The number of halogens is 2. The molecule has 0 unspecified atom stereocenters. The molecular formula is C21H17Cl2N5O2. The van der Waals surface area contributed by atoms with Crippen molar-refractivity contribution < 1.29 is 9.59 Å². The number of hydrogen-bond acceptors (Lipinski definition) is 4. The van der Waals surface area contributed by atoms with Gasteiger partial charge in [-0.15, -0.1) is 0 Å². The zero-order valence-electron chi connectivity index (χ0n) is 15.8. The maximum Gasteiger partial charge on any atom is 0.273 e. The topological polar surface area (TPSA) is 79.6 Å². The van der Waals surface area contributed by atoms with E-state index in [-0.39, 0.29) is 30.4 Å². The van der Waals surface area contributed by atoms with Crippen molar-refractivity contribution in [1.82, 2.24) is 9.78 Å². The smallest absolute Gasteiger partial charge is 0.273 e. The molecule has 3 aromatic rings. The van der Waals surface area contributed by atoms with Crippen LogP contribution in [0.2, 0.25) is 10.0 Å². The zero-order valence-corrected chi connectivity index (χ0v) is 17.3. The highest BCUT2D eigenvalue weighted by Gasteiger charge is 2.26. The number of anilines is 2. The lowest BCUT2D eigenvalue weighted by molar-refractivity contribution is -0.118. The molecule has 1 aliphatic rings. The predicted molar refractivity (Wildman–Crippen MR) is 117 cm³/mol. The number of aromatic nitrogens is 2. The van der Waals surface area contributed by atoms with Gasteiger partial charge in [0.25, 0.3) is 5.91 Å². The summed E-state index contributed by atoms with van der Waals surface area (Å²) in [5, 5.41) is 13.7. The van der Waals surface area contributed by atoms with E-state index in [2.05, 4.69) is 15.5 Å². The standard InChI is InChI=1S/C21H17Cl2N5O2/c22-15-7-6-14(17(23)12-15)13-27-19(10-11-24-27)25-21(30)18-8-9-20(29)28(26-18)16-4-2-1-3-5-16/h1-7,10-12H,8-9,13H2,(H,25,30). The molecule has 30 heavy (non-hydrogen) atoms. The second-order valence-electron chi connectivity index (χ2n) is 6.65. The van der Waals surface area contributed by atoms with E-state index in [0.717, 1.165) is 5.56 Å². The Morgan fingerprint density at radius 3 is 2.63 bits per heavy atom. The van der Waals surface area contributed by atoms with Gasteiger partial charge in [-0.1, -0.05) is 47.5 Å². The van der Waals surface area contributed by atoms with Crippen molar-refractivity contribution >= 4 is 52.2 Å². The molecule has 0 aliphatic carbocycles. The molecule has 1 aromatic heterocycles. The van der Waals surface area contributed by atoms with E-state index in [1.165, 1.54) is 5.01 Å². The van der Waals surface area contributed by atoms with Crippen molar-refractivity contribution in [1.29, 1.82) is 0 Å². The summed E-state index contributed by atoms with van der Waals surface area (Å²) in [5.41, 5.74) is 1.71. The van der Waals surface area contributed by atoms with Crippen LogP contribution in [0.5, 0.6) is 0 Å². The fraction of sp³-hybridized carbons (Fsp3) is 0.143. The number of para-hydroxylation sites is 1. The van der Waals surface area contributed by atoms with Crippen LogP contribution in [0.4, 0.5) is 11.5 Å². The quantitative estimate of drug-likeness (QED) is 0.638. The maximum atomic E-state index is 12.8. The minimum Gasteiger partial charge on any atom is -0.306 e. The minimum atomic E-state index is -0.382. The number of nitrogens with zero attached hydrogens (tertiary/aromatic N) is 4. The Bertz CT molecular complexity index is 1130. The lowest BCUT2D eigenvalue weighted by atomic mass is 10.1. The third-order valence-electron chi connectivity index (χ3n) is 4.59. The minimum absolute atomic E-state index is 0.153. The van der Waals surface area contributed by atoms with Crippen molar-refractivity contribution in [2.24, 2.45) is 5.10 Å². The van der Waals surface area contributed by atoms with E-state index in [1.54, 1.807) is 41.2 Å². The first kappa shape index (κ1) is 20.1. The molecule has 0 saturated heterocycles. The summed E-state index contributed by atoms with van der Waals surface area (Å²) >= 11 is 12.2. The van der Waals surface area contributed by atoms with Gasteiger partial charge in [0.1, 0.15) is 11.5 Å². The van der Waals surface area contributed by atoms with Crippen molar-refractivity contribution in [2.75, 3.05) is 10.3 Å². The van der Waals surface area contributed by atoms with Crippen molar-refractivity contribution in [3.8, 4) is 0 Å². The van der Waals surface area contributed by atoms with Gasteiger partial charge in [-0.3, -0.25) is 9.59 Å². The van der Waals surface area contributed by atoms with Gasteiger partial charge in [-0.25, -0.2) is 9.69 Å². The molecule has 7 nitrogen and oxygen atoms in total. The molecule has 152 valence electrons. The van der Waals surface area contributed by atoms with Crippen molar-refractivity contribution in [2.45, 2.75) is 19.4 Å². The second-order valence-corrected chi connectivity index (χ2v) is 7.50. The summed E-state index contributed by atoms with van der Waals surface area (Å²) in [5.74, 6) is -0.0376. The largest absolute Gasteiger partial charge is 0.306 e. The van der Waals surface area contributed by atoms with Crippen LogP contribution < -0.4 is 10.3 Å². The lowest BCUT2D eigenvalue weighted by Crippen LogP contribution is -2.36. The SMILES string of the molecule is O=C(Nc1ccnn1Cc1ccc(Cl)cc1Cl)C1=NN(c2ccccc2)C(=O)CC1. The first-order valence-corrected chi connectivity index (χ1v) is 9.99. The molecule has 4 rings (SSSR count). The fourth-order valence-corrected chi connectivity index (χ4v) is 3.52. The van der Waals surface area contributed by atoms with E-state index >= 15 is 0 Å². The number of carbonyl (C=O) groups is 2. The highest BCUT2D eigenvalue weighted by molar-refractivity contribution is 6.44. The van der Waals surface area contributed by atoms with Crippen LogP contribution in [0.1, 0.15) is 18.4 Å². The number of benzene rings is 2. The highest BCUT2D eigenvalue weighted by atomic mass is 35.5. The number of nitrogens with one attached hydrogen (secondary N) is 1. The molecule has 0 atom stereocenters. The normalized spacial score (nSPS) is 13.9. The fourth-order valence-electron chi connectivity index (χ4n) is 3.05. The summed E-state index contributed by atoms with van der Waals surface area (Å²) < 4.78 is 1.62. The van der Waals surface area contributed by atoms with Crippen LogP contribution in [0.3, 0.4) is 0 Å². The number of carbonyl (C=O) groups excluding carboxylic acids is 2. The van der Waals surface area contributed by atoms with Crippen LogP contribution in [0, 0.1) is 0 Å². The predicted octanol–water partition coefficient (Wildman–Crippen LogP) is 4.36. The van der Waals surface area contributed by atoms with Gasteiger partial charge in [0.2, 0.25) is 5.91 Å². The van der Waals surface area contributed by atoms with E-state index in [4.69, 9.17) is 23.2 Å². The molecular weight excluding hydrogens is 425 g/mol. The van der Waals surface area contributed by atoms with Crippen molar-refractivity contribution in [3.63, 3.8) is 0 Å². The van der Waals surface area contributed by atoms with E-state index in [1.807, 2.05) is 24.3 Å². The Morgan fingerprint density at radius 1 is 1.07 bits per heavy atom. The van der Waals surface area contributed by atoms with Gasteiger partial charge in [0, 0.05) is 29.0 Å². The van der Waals surface area contributed by atoms with Gasteiger partial charge in [-0.05, 0) is 29.8 Å². The Kier molecular flexibility index (Phi) is 5.83. The van der Waals surface area contributed by atoms with Gasteiger partial charge < -0.3 is 5.32 Å². The van der Waals surface area contributed by atoms with E-state index in [0.29, 0.717) is 28.1 Å². The molecule has 9 heteroatoms. The third kappa shape index (κ3) is 4.37. The highest BCUT2D eigenvalue weighted by Crippen LogP contribution is 2.23. The first-order valence-electron chi connectivity index (χ1n) is 9.24. The third-order valence-corrected chi connectivity index (χ3v) is 5.18.